The smallest absolute Gasteiger partial charge is 0.244 e. The molecule has 1 aliphatic heterocycles. The van der Waals surface area contributed by atoms with E-state index in [1.54, 1.807) is 29.2 Å². The first-order chi connectivity index (χ1) is 14.8. The van der Waals surface area contributed by atoms with E-state index >= 15 is 0 Å². The summed E-state index contributed by atoms with van der Waals surface area (Å²) in [5, 5.41) is 9.20. The van der Waals surface area contributed by atoms with Crippen molar-refractivity contribution in [2.75, 3.05) is 46.3 Å². The molecule has 0 aliphatic carbocycles. The summed E-state index contributed by atoms with van der Waals surface area (Å²) in [5.41, 5.74) is 1.11. The van der Waals surface area contributed by atoms with Gasteiger partial charge >= 0.3 is 0 Å². The average molecular weight is 445 g/mol. The summed E-state index contributed by atoms with van der Waals surface area (Å²) in [5.74, 6) is -0.333. The minimum Gasteiger partial charge on any atom is -0.339 e. The van der Waals surface area contributed by atoms with Gasteiger partial charge in [-0.1, -0.05) is 24.3 Å². The van der Waals surface area contributed by atoms with Gasteiger partial charge in [0, 0.05) is 32.7 Å². The number of sulfonamides is 1. The molecule has 0 atom stereocenters. The van der Waals surface area contributed by atoms with Crippen LogP contribution in [-0.4, -0.2) is 74.7 Å². The summed E-state index contributed by atoms with van der Waals surface area (Å²) in [4.78, 5) is 16.2. The zero-order valence-corrected chi connectivity index (χ0v) is 18.2. The molecular weight excluding hydrogens is 419 g/mol. The van der Waals surface area contributed by atoms with E-state index in [0.717, 1.165) is 5.56 Å². The molecule has 9 heteroatoms. The number of amides is 1. The SMILES string of the molecule is CN(CCc1ccc(F)cc1)CC(=O)N1CCN(S(=O)(=O)c2ccccc2C#N)CC1. The van der Waals surface area contributed by atoms with E-state index in [1.807, 2.05) is 18.0 Å². The van der Waals surface area contributed by atoms with Gasteiger partial charge < -0.3 is 4.90 Å². The number of hydrogen-bond acceptors (Lipinski definition) is 5. The summed E-state index contributed by atoms with van der Waals surface area (Å²) < 4.78 is 40.1. The van der Waals surface area contributed by atoms with Gasteiger partial charge in [0.2, 0.25) is 15.9 Å². The Morgan fingerprint density at radius 1 is 1.10 bits per heavy atom. The monoisotopic (exact) mass is 444 g/mol. The number of halogens is 1. The highest BCUT2D eigenvalue weighted by Gasteiger charge is 2.31. The highest BCUT2D eigenvalue weighted by atomic mass is 32.2. The van der Waals surface area contributed by atoms with Crippen LogP contribution < -0.4 is 0 Å². The van der Waals surface area contributed by atoms with Gasteiger partial charge in [0.05, 0.1) is 17.0 Å². The summed E-state index contributed by atoms with van der Waals surface area (Å²) in [7, 11) is -1.94. The lowest BCUT2D eigenvalue weighted by Crippen LogP contribution is -2.52. The van der Waals surface area contributed by atoms with Crippen molar-refractivity contribution in [2.24, 2.45) is 0 Å². The van der Waals surface area contributed by atoms with Gasteiger partial charge in [-0.15, -0.1) is 0 Å². The van der Waals surface area contributed by atoms with Crippen LogP contribution in [0.3, 0.4) is 0 Å². The average Bonchev–Trinajstić information content (AvgIpc) is 2.78. The Hall–Kier alpha value is -2.80. The van der Waals surface area contributed by atoms with Crippen molar-refractivity contribution in [3.63, 3.8) is 0 Å². The Morgan fingerprint density at radius 2 is 1.74 bits per heavy atom. The Labute approximate surface area is 182 Å². The highest BCUT2D eigenvalue weighted by molar-refractivity contribution is 7.89. The Balaban J connectivity index is 1.51. The van der Waals surface area contributed by atoms with Crippen LogP contribution >= 0.6 is 0 Å². The zero-order valence-electron chi connectivity index (χ0n) is 17.4. The lowest BCUT2D eigenvalue weighted by Gasteiger charge is -2.35. The number of hydrogen-bond donors (Lipinski definition) is 0. The van der Waals surface area contributed by atoms with Crippen LogP contribution in [0, 0.1) is 17.1 Å². The molecule has 0 saturated carbocycles. The molecular formula is C22H25FN4O3S. The van der Waals surface area contributed by atoms with Crippen LogP contribution in [0.1, 0.15) is 11.1 Å². The molecule has 1 heterocycles. The van der Waals surface area contributed by atoms with Crippen molar-refractivity contribution in [2.45, 2.75) is 11.3 Å². The lowest BCUT2D eigenvalue weighted by molar-refractivity contribution is -0.133. The molecule has 3 rings (SSSR count). The lowest BCUT2D eigenvalue weighted by atomic mass is 10.1. The van der Waals surface area contributed by atoms with Gasteiger partial charge in [-0.3, -0.25) is 9.69 Å². The van der Waals surface area contributed by atoms with Crippen molar-refractivity contribution < 1.29 is 17.6 Å². The maximum Gasteiger partial charge on any atom is 0.244 e. The maximum absolute atomic E-state index is 13.0. The quantitative estimate of drug-likeness (QED) is 0.649. The van der Waals surface area contributed by atoms with E-state index in [-0.39, 0.29) is 41.8 Å². The van der Waals surface area contributed by atoms with Crippen LogP contribution in [0.4, 0.5) is 4.39 Å². The fourth-order valence-electron chi connectivity index (χ4n) is 3.48. The van der Waals surface area contributed by atoms with E-state index < -0.39 is 10.0 Å². The van der Waals surface area contributed by atoms with Crippen molar-refractivity contribution in [1.29, 1.82) is 5.26 Å². The molecule has 2 aromatic rings. The second-order valence-electron chi connectivity index (χ2n) is 7.51. The molecule has 164 valence electrons. The largest absolute Gasteiger partial charge is 0.339 e. The molecule has 2 aromatic carbocycles. The number of carbonyl (C=O) groups is 1. The number of nitrogens with zero attached hydrogens (tertiary/aromatic N) is 4. The van der Waals surface area contributed by atoms with Gasteiger partial charge in [0.25, 0.3) is 0 Å². The predicted octanol–water partition coefficient (Wildman–Crippen LogP) is 1.70. The normalized spacial score (nSPS) is 15.1. The van der Waals surface area contributed by atoms with Crippen LogP contribution in [-0.2, 0) is 21.2 Å². The summed E-state index contributed by atoms with van der Waals surface area (Å²) in [6, 6.07) is 14.4. The van der Waals surface area contributed by atoms with Crippen molar-refractivity contribution in [1.82, 2.24) is 14.1 Å². The third-order valence-corrected chi connectivity index (χ3v) is 7.27. The molecule has 0 radical (unpaired) electrons. The highest BCUT2D eigenvalue weighted by Crippen LogP contribution is 2.21. The van der Waals surface area contributed by atoms with Crippen molar-refractivity contribution in [3.05, 3.63) is 65.5 Å². The molecule has 1 aliphatic rings. The number of nitriles is 1. The Bertz CT molecular complexity index is 1060. The Kier molecular flexibility index (Phi) is 7.38. The fourth-order valence-corrected chi connectivity index (χ4v) is 5.05. The molecule has 0 unspecified atom stereocenters. The van der Waals surface area contributed by atoms with E-state index in [4.69, 9.17) is 0 Å². The number of likely N-dealkylation sites (N-methyl/N-ethyl adjacent to an activating group) is 1. The second-order valence-corrected chi connectivity index (χ2v) is 9.41. The molecule has 0 N–H and O–H groups in total. The standard InChI is InChI=1S/C22H25FN4O3S/c1-25(11-10-18-6-8-20(23)9-7-18)17-22(28)26-12-14-27(15-13-26)31(29,30)21-5-3-2-4-19(21)16-24/h2-9H,10-15,17H2,1H3. The third kappa shape index (κ3) is 5.67. The van der Waals surface area contributed by atoms with Gasteiger partial charge in [-0.25, -0.2) is 12.8 Å². The second kappa shape index (κ2) is 10.0. The first-order valence-corrected chi connectivity index (χ1v) is 11.5. The number of carbonyl (C=O) groups excluding carboxylic acids is 1. The number of piperazine rings is 1. The first-order valence-electron chi connectivity index (χ1n) is 10.0. The van der Waals surface area contributed by atoms with Gasteiger partial charge in [-0.2, -0.15) is 9.57 Å². The summed E-state index contributed by atoms with van der Waals surface area (Å²) >= 11 is 0. The van der Waals surface area contributed by atoms with Crippen LogP contribution in [0.15, 0.2) is 53.4 Å². The van der Waals surface area contributed by atoms with Crippen LogP contribution in [0.25, 0.3) is 0 Å². The van der Waals surface area contributed by atoms with E-state index in [0.29, 0.717) is 26.1 Å². The molecule has 7 nitrogen and oxygen atoms in total. The summed E-state index contributed by atoms with van der Waals surface area (Å²) in [6.45, 7) is 1.86. The van der Waals surface area contributed by atoms with Crippen molar-refractivity contribution >= 4 is 15.9 Å². The van der Waals surface area contributed by atoms with Crippen molar-refractivity contribution in [3.8, 4) is 6.07 Å². The predicted molar refractivity (Wildman–Crippen MR) is 114 cm³/mol. The maximum atomic E-state index is 13.0. The molecule has 1 fully saturated rings. The number of benzene rings is 2. The third-order valence-electron chi connectivity index (χ3n) is 5.32. The zero-order chi connectivity index (χ0) is 22.4. The van der Waals surface area contributed by atoms with E-state index in [2.05, 4.69) is 0 Å². The molecule has 0 spiro atoms. The fraction of sp³-hybridized carbons (Fsp3) is 0.364. The minimum atomic E-state index is -3.78. The van der Waals surface area contributed by atoms with Gasteiger partial charge in [0.1, 0.15) is 11.9 Å². The molecule has 0 bridgehead atoms. The van der Waals surface area contributed by atoms with Crippen LogP contribution in [0.5, 0.6) is 0 Å². The minimum absolute atomic E-state index is 0.00203. The van der Waals surface area contributed by atoms with E-state index in [9.17, 15) is 22.9 Å². The molecule has 1 amide bonds. The molecule has 1 saturated heterocycles. The number of rotatable bonds is 7. The Morgan fingerprint density at radius 3 is 2.39 bits per heavy atom. The van der Waals surface area contributed by atoms with Crippen LogP contribution in [0.2, 0.25) is 0 Å². The van der Waals surface area contributed by atoms with Gasteiger partial charge in [0.15, 0.2) is 0 Å². The topological polar surface area (TPSA) is 84.7 Å². The molecule has 31 heavy (non-hydrogen) atoms. The molecule has 0 aromatic heterocycles. The first kappa shape index (κ1) is 22.9. The van der Waals surface area contributed by atoms with E-state index in [1.165, 1.54) is 28.6 Å². The summed E-state index contributed by atoms with van der Waals surface area (Å²) in [6.07, 6.45) is 0.703. The van der Waals surface area contributed by atoms with Gasteiger partial charge in [-0.05, 0) is 43.3 Å².